The van der Waals surface area contributed by atoms with Gasteiger partial charge in [0.05, 0.1) is 5.69 Å². The summed E-state index contributed by atoms with van der Waals surface area (Å²) >= 11 is 0. The van der Waals surface area contributed by atoms with Crippen molar-refractivity contribution in [1.82, 2.24) is 4.98 Å². The number of hydrogen-bond donors (Lipinski definition) is 1. The van der Waals surface area contributed by atoms with Crippen molar-refractivity contribution in [1.29, 1.82) is 0 Å². The van der Waals surface area contributed by atoms with Crippen LogP contribution in [0.15, 0.2) is 18.3 Å². The molecule has 2 N–H and O–H groups in total. The Morgan fingerprint density at radius 2 is 2.36 bits per heavy atom. The molecule has 0 amide bonds. The third-order valence-electron chi connectivity index (χ3n) is 3.41. The zero-order valence-electron chi connectivity index (χ0n) is 8.19. The highest BCUT2D eigenvalue weighted by molar-refractivity contribution is 5.62. The Morgan fingerprint density at radius 3 is 3.14 bits per heavy atom. The predicted octanol–water partition coefficient (Wildman–Crippen LogP) is 1.51. The Kier molecular flexibility index (Phi) is 1.66. The molecule has 14 heavy (non-hydrogen) atoms. The molecular formula is C11H15N3. The lowest BCUT2D eigenvalue weighted by Gasteiger charge is -2.28. The third-order valence-corrected chi connectivity index (χ3v) is 3.41. The van der Waals surface area contributed by atoms with Crippen LogP contribution < -0.4 is 10.6 Å². The van der Waals surface area contributed by atoms with Crippen molar-refractivity contribution in [2.75, 3.05) is 23.7 Å². The first kappa shape index (κ1) is 8.09. The Bertz CT molecular complexity index is 350. The number of nitrogens with zero attached hydrogens (tertiary/aromatic N) is 2. The largest absolute Gasteiger partial charge is 0.396 e. The van der Waals surface area contributed by atoms with E-state index in [-0.39, 0.29) is 0 Å². The summed E-state index contributed by atoms with van der Waals surface area (Å²) in [6.45, 7) is 2.29. The standard InChI is InChI=1S/C11H15N3/c12-10-2-1-4-13-11(10)14-5-3-8-6-9(8)7-14/h1-2,4,8-9H,3,5-7,12H2. The molecule has 1 aromatic rings. The Labute approximate surface area is 83.9 Å². The minimum atomic E-state index is 0.812. The van der Waals surface area contributed by atoms with Crippen LogP contribution in [-0.2, 0) is 0 Å². The molecule has 0 spiro atoms. The Hall–Kier alpha value is -1.25. The van der Waals surface area contributed by atoms with Gasteiger partial charge in [-0.2, -0.15) is 0 Å². The van der Waals surface area contributed by atoms with Crippen LogP contribution >= 0.6 is 0 Å². The fourth-order valence-corrected chi connectivity index (χ4v) is 2.45. The molecule has 1 aliphatic heterocycles. The number of pyridine rings is 1. The highest BCUT2D eigenvalue weighted by atomic mass is 15.2. The molecule has 1 saturated carbocycles. The molecule has 0 aromatic carbocycles. The molecule has 2 heterocycles. The van der Waals surface area contributed by atoms with Crippen LogP contribution in [0.5, 0.6) is 0 Å². The van der Waals surface area contributed by atoms with Gasteiger partial charge in [0.1, 0.15) is 0 Å². The highest BCUT2D eigenvalue weighted by Crippen LogP contribution is 2.45. The van der Waals surface area contributed by atoms with Gasteiger partial charge in [0.2, 0.25) is 0 Å². The summed E-state index contributed by atoms with van der Waals surface area (Å²) < 4.78 is 0. The molecule has 1 aromatic heterocycles. The second-order valence-corrected chi connectivity index (χ2v) is 4.41. The van der Waals surface area contributed by atoms with E-state index in [9.17, 15) is 0 Å². The van der Waals surface area contributed by atoms with E-state index in [1.807, 2.05) is 18.3 Å². The molecule has 2 aliphatic rings. The molecule has 3 nitrogen and oxygen atoms in total. The maximum absolute atomic E-state index is 5.91. The van der Waals surface area contributed by atoms with Gasteiger partial charge in [0, 0.05) is 19.3 Å². The number of anilines is 2. The van der Waals surface area contributed by atoms with Crippen molar-refractivity contribution >= 4 is 11.5 Å². The second kappa shape index (κ2) is 2.87. The smallest absolute Gasteiger partial charge is 0.151 e. The average molecular weight is 189 g/mol. The zero-order chi connectivity index (χ0) is 9.54. The number of nitrogen functional groups attached to an aromatic ring is 1. The summed E-state index contributed by atoms with van der Waals surface area (Å²) in [6, 6.07) is 3.82. The number of piperidine rings is 1. The van der Waals surface area contributed by atoms with E-state index >= 15 is 0 Å². The van der Waals surface area contributed by atoms with Gasteiger partial charge in [-0.15, -0.1) is 0 Å². The lowest BCUT2D eigenvalue weighted by atomic mass is 10.1. The fraction of sp³-hybridized carbons (Fsp3) is 0.545. The van der Waals surface area contributed by atoms with Gasteiger partial charge in [0.15, 0.2) is 5.82 Å². The van der Waals surface area contributed by atoms with E-state index in [1.54, 1.807) is 0 Å². The quantitative estimate of drug-likeness (QED) is 0.728. The third kappa shape index (κ3) is 1.24. The van der Waals surface area contributed by atoms with E-state index < -0.39 is 0 Å². The van der Waals surface area contributed by atoms with Gasteiger partial charge >= 0.3 is 0 Å². The summed E-state index contributed by atoms with van der Waals surface area (Å²) in [4.78, 5) is 6.69. The first-order valence-electron chi connectivity index (χ1n) is 5.30. The summed E-state index contributed by atoms with van der Waals surface area (Å²) in [7, 11) is 0. The fourth-order valence-electron chi connectivity index (χ4n) is 2.45. The van der Waals surface area contributed by atoms with Gasteiger partial charge in [-0.25, -0.2) is 4.98 Å². The zero-order valence-corrected chi connectivity index (χ0v) is 8.19. The monoisotopic (exact) mass is 189 g/mol. The van der Waals surface area contributed by atoms with Crippen molar-refractivity contribution in [3.63, 3.8) is 0 Å². The van der Waals surface area contributed by atoms with Gasteiger partial charge in [-0.05, 0) is 36.8 Å². The number of aromatic nitrogens is 1. The molecule has 2 fully saturated rings. The minimum absolute atomic E-state index is 0.812. The van der Waals surface area contributed by atoms with Crippen LogP contribution in [-0.4, -0.2) is 18.1 Å². The van der Waals surface area contributed by atoms with Crippen LogP contribution in [0.25, 0.3) is 0 Å². The van der Waals surface area contributed by atoms with Crippen LogP contribution in [0, 0.1) is 11.8 Å². The van der Waals surface area contributed by atoms with Crippen molar-refractivity contribution < 1.29 is 0 Å². The molecule has 0 bridgehead atoms. The maximum atomic E-state index is 5.91. The van der Waals surface area contributed by atoms with Crippen LogP contribution in [0.1, 0.15) is 12.8 Å². The number of fused-ring (bicyclic) bond motifs is 1. The topological polar surface area (TPSA) is 42.1 Å². The Morgan fingerprint density at radius 1 is 1.43 bits per heavy atom. The molecule has 3 heteroatoms. The summed E-state index contributed by atoms with van der Waals surface area (Å²) in [5.41, 5.74) is 6.72. The van der Waals surface area contributed by atoms with E-state index in [4.69, 9.17) is 5.73 Å². The average Bonchev–Trinajstić information content (AvgIpc) is 2.96. The number of nitrogens with two attached hydrogens (primary N) is 1. The molecule has 3 rings (SSSR count). The SMILES string of the molecule is Nc1cccnc1N1CCC2CC2C1. The summed E-state index contributed by atoms with van der Waals surface area (Å²) in [5, 5.41) is 0. The first-order valence-corrected chi connectivity index (χ1v) is 5.30. The lowest BCUT2D eigenvalue weighted by Crippen LogP contribution is -2.32. The molecule has 2 atom stereocenters. The van der Waals surface area contributed by atoms with Crippen LogP contribution in [0.2, 0.25) is 0 Å². The molecular weight excluding hydrogens is 174 g/mol. The molecule has 0 radical (unpaired) electrons. The van der Waals surface area contributed by atoms with Gasteiger partial charge < -0.3 is 10.6 Å². The van der Waals surface area contributed by atoms with Gasteiger partial charge in [-0.3, -0.25) is 0 Å². The minimum Gasteiger partial charge on any atom is -0.396 e. The van der Waals surface area contributed by atoms with E-state index in [0.29, 0.717) is 0 Å². The molecule has 74 valence electrons. The normalized spacial score (nSPS) is 29.9. The number of rotatable bonds is 1. The lowest BCUT2D eigenvalue weighted by molar-refractivity contribution is 0.547. The van der Waals surface area contributed by atoms with Crippen molar-refractivity contribution in [3.05, 3.63) is 18.3 Å². The van der Waals surface area contributed by atoms with E-state index in [1.165, 1.54) is 12.8 Å². The molecule has 1 aliphatic carbocycles. The predicted molar refractivity (Wildman–Crippen MR) is 57.1 cm³/mol. The maximum Gasteiger partial charge on any atom is 0.151 e. The van der Waals surface area contributed by atoms with Gasteiger partial charge in [0.25, 0.3) is 0 Å². The highest BCUT2D eigenvalue weighted by Gasteiger charge is 2.41. The summed E-state index contributed by atoms with van der Waals surface area (Å²) in [5.74, 6) is 2.92. The Balaban J connectivity index is 1.84. The van der Waals surface area contributed by atoms with Gasteiger partial charge in [-0.1, -0.05) is 0 Å². The van der Waals surface area contributed by atoms with Crippen LogP contribution in [0.4, 0.5) is 11.5 Å². The van der Waals surface area contributed by atoms with Crippen molar-refractivity contribution in [2.45, 2.75) is 12.8 Å². The van der Waals surface area contributed by atoms with Crippen molar-refractivity contribution in [3.8, 4) is 0 Å². The van der Waals surface area contributed by atoms with E-state index in [2.05, 4.69) is 9.88 Å². The van der Waals surface area contributed by atoms with E-state index in [0.717, 1.165) is 36.4 Å². The first-order chi connectivity index (χ1) is 6.84. The van der Waals surface area contributed by atoms with Crippen LogP contribution in [0.3, 0.4) is 0 Å². The summed E-state index contributed by atoms with van der Waals surface area (Å²) in [6.07, 6.45) is 4.56. The molecule has 2 unspecified atom stereocenters. The number of hydrogen-bond acceptors (Lipinski definition) is 3. The second-order valence-electron chi connectivity index (χ2n) is 4.41. The molecule has 1 saturated heterocycles. The van der Waals surface area contributed by atoms with Crippen molar-refractivity contribution in [2.24, 2.45) is 11.8 Å².